The first-order valence-electron chi connectivity index (χ1n) is 6.27. The maximum atomic E-state index is 11.4. The lowest BCUT2D eigenvalue weighted by Gasteiger charge is -2.18. The van der Waals surface area contributed by atoms with Crippen LogP contribution in [0.5, 0.6) is 0 Å². The average Bonchev–Trinajstić information content (AvgIpc) is 2.46. The van der Waals surface area contributed by atoms with Crippen molar-refractivity contribution in [1.82, 2.24) is 5.32 Å². The largest absolute Gasteiger partial charge is 0.409 e. The Morgan fingerprint density at radius 2 is 2.16 bits per heavy atom. The van der Waals surface area contributed by atoms with Gasteiger partial charge in [-0.3, -0.25) is 4.21 Å². The first kappa shape index (κ1) is 15.7. The van der Waals surface area contributed by atoms with Crippen LogP contribution in [0.1, 0.15) is 24.9 Å². The number of nitrogens with one attached hydrogen (secondary N) is 1. The molecular formula is C13H21N3O2S. The summed E-state index contributed by atoms with van der Waals surface area (Å²) >= 11 is 0. The van der Waals surface area contributed by atoms with Crippen molar-refractivity contribution in [2.24, 2.45) is 10.9 Å². The highest BCUT2D eigenvalue weighted by Crippen LogP contribution is 2.16. The molecule has 0 fully saturated rings. The molecule has 0 aliphatic carbocycles. The van der Waals surface area contributed by atoms with Crippen LogP contribution in [0.2, 0.25) is 0 Å². The van der Waals surface area contributed by atoms with E-state index in [0.717, 1.165) is 5.56 Å². The summed E-state index contributed by atoms with van der Waals surface area (Å²) < 4.78 is 11.4. The molecule has 0 spiro atoms. The predicted molar refractivity (Wildman–Crippen MR) is 78.8 cm³/mol. The zero-order valence-corrected chi connectivity index (χ0v) is 11.9. The minimum atomic E-state index is -0.788. The molecule has 1 aromatic carbocycles. The summed E-state index contributed by atoms with van der Waals surface area (Å²) in [6, 6.07) is 9.76. The third-order valence-corrected chi connectivity index (χ3v) is 4.09. The van der Waals surface area contributed by atoms with E-state index in [9.17, 15) is 4.21 Å². The van der Waals surface area contributed by atoms with Gasteiger partial charge in [0.25, 0.3) is 0 Å². The summed E-state index contributed by atoms with van der Waals surface area (Å²) in [5.74, 6) is 1.45. The molecular weight excluding hydrogens is 262 g/mol. The number of nitrogens with two attached hydrogens (primary N) is 1. The van der Waals surface area contributed by atoms with E-state index in [2.05, 4.69) is 10.5 Å². The lowest BCUT2D eigenvalue weighted by atomic mass is 10.0. The van der Waals surface area contributed by atoms with Gasteiger partial charge in [-0.1, -0.05) is 42.4 Å². The standard InChI is InChI=1S/C13H21N3O2S/c1-2-19(18)9-8-15-12(10-13(14)16-17)11-6-4-3-5-7-11/h3-7,12,15,17H,2,8-10H2,1H3,(H2,14,16). The van der Waals surface area contributed by atoms with Crippen LogP contribution in [0.15, 0.2) is 35.5 Å². The quantitative estimate of drug-likeness (QED) is 0.290. The van der Waals surface area contributed by atoms with E-state index in [-0.39, 0.29) is 11.9 Å². The van der Waals surface area contributed by atoms with E-state index in [1.54, 1.807) is 0 Å². The number of benzene rings is 1. The van der Waals surface area contributed by atoms with E-state index >= 15 is 0 Å². The Labute approximate surface area is 116 Å². The number of hydrogen-bond donors (Lipinski definition) is 3. The summed E-state index contributed by atoms with van der Waals surface area (Å²) in [5.41, 5.74) is 6.64. The second kappa shape index (κ2) is 8.66. The molecule has 0 aliphatic rings. The maximum absolute atomic E-state index is 11.4. The summed E-state index contributed by atoms with van der Waals surface area (Å²) in [6.45, 7) is 2.54. The van der Waals surface area contributed by atoms with Gasteiger partial charge in [0.05, 0.1) is 0 Å². The molecule has 0 aliphatic heterocycles. The first-order valence-corrected chi connectivity index (χ1v) is 7.75. The van der Waals surface area contributed by atoms with E-state index < -0.39 is 10.8 Å². The van der Waals surface area contributed by atoms with Gasteiger partial charge in [0, 0.05) is 41.3 Å². The minimum Gasteiger partial charge on any atom is -0.409 e. The summed E-state index contributed by atoms with van der Waals surface area (Å²) in [5, 5.41) is 15.0. The molecule has 5 nitrogen and oxygen atoms in total. The lowest BCUT2D eigenvalue weighted by molar-refractivity contribution is 0.315. The number of amidine groups is 1. The van der Waals surface area contributed by atoms with Gasteiger partial charge in [-0.2, -0.15) is 0 Å². The van der Waals surface area contributed by atoms with Gasteiger partial charge in [0.2, 0.25) is 0 Å². The molecule has 19 heavy (non-hydrogen) atoms. The third kappa shape index (κ3) is 5.85. The molecule has 4 N–H and O–H groups in total. The minimum absolute atomic E-state index is 0.0362. The summed E-state index contributed by atoms with van der Waals surface area (Å²) in [4.78, 5) is 0. The van der Waals surface area contributed by atoms with Crippen LogP contribution >= 0.6 is 0 Å². The van der Waals surface area contributed by atoms with Crippen molar-refractivity contribution >= 4 is 16.6 Å². The monoisotopic (exact) mass is 283 g/mol. The molecule has 0 radical (unpaired) electrons. The summed E-state index contributed by atoms with van der Waals surface area (Å²) in [7, 11) is -0.788. The number of nitrogens with zero attached hydrogens (tertiary/aromatic N) is 1. The van der Waals surface area contributed by atoms with Crippen LogP contribution in [-0.4, -0.2) is 33.3 Å². The molecule has 2 unspecified atom stereocenters. The number of rotatable bonds is 8. The predicted octanol–water partition coefficient (Wildman–Crippen LogP) is 1.22. The Bertz CT molecular complexity index is 423. The molecule has 0 amide bonds. The van der Waals surface area contributed by atoms with E-state index in [1.807, 2.05) is 37.3 Å². The average molecular weight is 283 g/mol. The van der Waals surface area contributed by atoms with Gasteiger partial charge >= 0.3 is 0 Å². The van der Waals surface area contributed by atoms with Crippen LogP contribution < -0.4 is 11.1 Å². The smallest absolute Gasteiger partial charge is 0.141 e. The van der Waals surface area contributed by atoms with Crippen molar-refractivity contribution in [3.63, 3.8) is 0 Å². The highest BCUT2D eigenvalue weighted by Gasteiger charge is 2.13. The Balaban J connectivity index is 2.63. The zero-order valence-electron chi connectivity index (χ0n) is 11.1. The first-order chi connectivity index (χ1) is 9.17. The second-order valence-electron chi connectivity index (χ2n) is 4.15. The summed E-state index contributed by atoms with van der Waals surface area (Å²) in [6.07, 6.45) is 0.416. The van der Waals surface area contributed by atoms with Gasteiger partial charge in [-0.15, -0.1) is 0 Å². The van der Waals surface area contributed by atoms with Crippen LogP contribution in [0.25, 0.3) is 0 Å². The highest BCUT2D eigenvalue weighted by molar-refractivity contribution is 7.84. The third-order valence-electron chi connectivity index (χ3n) is 2.79. The molecule has 0 saturated carbocycles. The lowest BCUT2D eigenvalue weighted by Crippen LogP contribution is -2.30. The maximum Gasteiger partial charge on any atom is 0.141 e. The molecule has 6 heteroatoms. The molecule has 0 aromatic heterocycles. The Kier molecular flexibility index (Phi) is 7.14. The van der Waals surface area contributed by atoms with Crippen molar-refractivity contribution in [2.45, 2.75) is 19.4 Å². The van der Waals surface area contributed by atoms with Gasteiger partial charge in [0.1, 0.15) is 5.84 Å². The molecule has 0 bridgehead atoms. The second-order valence-corrected chi connectivity index (χ2v) is 6.01. The fraction of sp³-hybridized carbons (Fsp3) is 0.462. The van der Waals surface area contributed by atoms with Crippen molar-refractivity contribution in [3.8, 4) is 0 Å². The van der Waals surface area contributed by atoms with Gasteiger partial charge in [-0.25, -0.2) is 0 Å². The molecule has 106 valence electrons. The van der Waals surface area contributed by atoms with E-state index in [1.165, 1.54) is 0 Å². The molecule has 1 rings (SSSR count). The van der Waals surface area contributed by atoms with Crippen molar-refractivity contribution in [3.05, 3.63) is 35.9 Å². The zero-order chi connectivity index (χ0) is 14.1. The topological polar surface area (TPSA) is 87.7 Å². The van der Waals surface area contributed by atoms with E-state index in [0.29, 0.717) is 24.5 Å². The Morgan fingerprint density at radius 3 is 2.74 bits per heavy atom. The SMILES string of the molecule is CCS(=O)CCNC(C/C(N)=N/O)c1ccccc1. The molecule has 0 saturated heterocycles. The number of hydrogen-bond acceptors (Lipinski definition) is 4. The fourth-order valence-corrected chi connectivity index (χ4v) is 2.37. The number of oxime groups is 1. The normalized spacial score (nSPS) is 15.1. The molecule has 2 atom stereocenters. The van der Waals surface area contributed by atoms with Crippen LogP contribution in [0, 0.1) is 0 Å². The van der Waals surface area contributed by atoms with E-state index in [4.69, 9.17) is 10.9 Å². The fourth-order valence-electron chi connectivity index (χ4n) is 1.73. The van der Waals surface area contributed by atoms with Gasteiger partial charge < -0.3 is 16.3 Å². The Morgan fingerprint density at radius 1 is 1.47 bits per heavy atom. The van der Waals surface area contributed by atoms with Crippen molar-refractivity contribution < 1.29 is 9.42 Å². The van der Waals surface area contributed by atoms with Crippen molar-refractivity contribution in [2.75, 3.05) is 18.1 Å². The Hall–Kier alpha value is -1.40. The van der Waals surface area contributed by atoms with Crippen LogP contribution in [0.3, 0.4) is 0 Å². The molecule has 1 aromatic rings. The highest BCUT2D eigenvalue weighted by atomic mass is 32.2. The van der Waals surface area contributed by atoms with Gasteiger partial charge in [-0.05, 0) is 5.56 Å². The van der Waals surface area contributed by atoms with Crippen LogP contribution in [-0.2, 0) is 10.8 Å². The van der Waals surface area contributed by atoms with Crippen LogP contribution in [0.4, 0.5) is 0 Å². The molecule has 0 heterocycles. The van der Waals surface area contributed by atoms with Gasteiger partial charge in [0.15, 0.2) is 0 Å². The van der Waals surface area contributed by atoms with Crippen molar-refractivity contribution in [1.29, 1.82) is 0 Å².